The third-order valence-electron chi connectivity index (χ3n) is 6.90. The first kappa shape index (κ1) is 25.2. The van der Waals surface area contributed by atoms with Crippen molar-refractivity contribution in [3.8, 4) is 0 Å². The fourth-order valence-corrected chi connectivity index (χ4v) is 4.85. The zero-order chi connectivity index (χ0) is 26.9. The van der Waals surface area contributed by atoms with E-state index in [1.807, 2.05) is 12.1 Å². The molecule has 0 saturated carbocycles. The molecule has 2 aliphatic rings. The van der Waals surface area contributed by atoms with E-state index in [9.17, 15) is 14.7 Å². The monoisotopic (exact) mass is 505 g/mol. The molecule has 0 saturated heterocycles. The summed E-state index contributed by atoms with van der Waals surface area (Å²) >= 11 is 0. The second kappa shape index (κ2) is 10.1. The number of benzene rings is 3. The van der Waals surface area contributed by atoms with E-state index in [1.54, 1.807) is 30.3 Å². The maximum absolute atomic E-state index is 12.9. The molecule has 0 spiro atoms. The maximum Gasteiger partial charge on any atom is 0.357 e. The molecule has 6 heteroatoms. The minimum atomic E-state index is -1.24. The number of amides is 1. The molecule has 0 radical (unpaired) electrons. The maximum atomic E-state index is 12.9. The van der Waals surface area contributed by atoms with Crippen LogP contribution in [-0.2, 0) is 21.4 Å². The molecular formula is C32H31N3O3. The summed E-state index contributed by atoms with van der Waals surface area (Å²) in [4.78, 5) is 27.1. The predicted octanol–water partition coefficient (Wildman–Crippen LogP) is 6.50. The lowest BCUT2D eigenvalue weighted by molar-refractivity contribution is -0.129. The Morgan fingerprint density at radius 1 is 0.974 bits per heavy atom. The number of hydrazone groups is 1. The molecule has 2 aliphatic heterocycles. The Hall–Kier alpha value is -4.45. The second-order valence-electron chi connectivity index (χ2n) is 10.6. The highest BCUT2D eigenvalue weighted by atomic mass is 16.4. The van der Waals surface area contributed by atoms with Gasteiger partial charge in [0.05, 0.1) is 11.3 Å². The fraction of sp³-hybridized carbons (Fsp3) is 0.219. The number of aryl methyl sites for hydroxylation is 1. The van der Waals surface area contributed by atoms with Gasteiger partial charge in [0.25, 0.3) is 5.91 Å². The Morgan fingerprint density at radius 3 is 2.39 bits per heavy atom. The largest absolute Gasteiger partial charge is 0.476 e. The van der Waals surface area contributed by atoms with Crippen LogP contribution in [0.5, 0.6) is 0 Å². The topological polar surface area (TPSA) is 73.2 Å². The number of carbonyl (C=O) groups is 2. The summed E-state index contributed by atoms with van der Waals surface area (Å²) in [6, 6.07) is 24.0. The first-order chi connectivity index (χ1) is 18.2. The molecule has 0 aromatic heterocycles. The van der Waals surface area contributed by atoms with Crippen LogP contribution in [0.3, 0.4) is 0 Å². The van der Waals surface area contributed by atoms with E-state index in [-0.39, 0.29) is 16.7 Å². The van der Waals surface area contributed by atoms with Crippen molar-refractivity contribution in [3.05, 3.63) is 107 Å². The van der Waals surface area contributed by atoms with Crippen LogP contribution in [0.1, 0.15) is 43.9 Å². The van der Waals surface area contributed by atoms with Crippen LogP contribution in [0.2, 0.25) is 0 Å². The van der Waals surface area contributed by atoms with Crippen molar-refractivity contribution in [1.82, 2.24) is 0 Å². The van der Waals surface area contributed by atoms with Gasteiger partial charge < -0.3 is 10.0 Å². The van der Waals surface area contributed by atoms with Crippen molar-refractivity contribution in [3.63, 3.8) is 0 Å². The highest BCUT2D eigenvalue weighted by Crippen LogP contribution is 2.35. The van der Waals surface area contributed by atoms with Gasteiger partial charge in [-0.2, -0.15) is 10.1 Å². The van der Waals surface area contributed by atoms with Gasteiger partial charge in [0, 0.05) is 17.9 Å². The predicted molar refractivity (Wildman–Crippen MR) is 153 cm³/mol. The summed E-state index contributed by atoms with van der Waals surface area (Å²) in [6.45, 7) is 7.64. The van der Waals surface area contributed by atoms with E-state index in [4.69, 9.17) is 0 Å². The quantitative estimate of drug-likeness (QED) is 0.402. The minimum absolute atomic E-state index is 0.0560. The van der Waals surface area contributed by atoms with Gasteiger partial charge in [-0.25, -0.2) is 4.79 Å². The first-order valence-corrected chi connectivity index (χ1v) is 12.8. The van der Waals surface area contributed by atoms with Crippen molar-refractivity contribution >= 4 is 40.7 Å². The fourth-order valence-electron chi connectivity index (χ4n) is 4.85. The second-order valence-corrected chi connectivity index (χ2v) is 10.6. The Labute approximate surface area is 223 Å². The van der Waals surface area contributed by atoms with E-state index in [0.717, 1.165) is 30.0 Å². The third kappa shape index (κ3) is 5.02. The Kier molecular flexibility index (Phi) is 6.72. The van der Waals surface area contributed by atoms with Crippen molar-refractivity contribution in [2.45, 2.75) is 39.0 Å². The smallest absolute Gasteiger partial charge is 0.357 e. The number of hydrogen-bond acceptors (Lipinski definition) is 4. The van der Waals surface area contributed by atoms with Crippen LogP contribution in [0.4, 0.5) is 17.1 Å². The normalized spacial score (nSPS) is 16.8. The van der Waals surface area contributed by atoms with E-state index in [2.05, 4.69) is 73.2 Å². The van der Waals surface area contributed by atoms with Crippen molar-refractivity contribution in [1.29, 1.82) is 0 Å². The van der Waals surface area contributed by atoms with E-state index >= 15 is 0 Å². The Bertz CT molecular complexity index is 1460. The number of allylic oxidation sites excluding steroid dienone is 2. The van der Waals surface area contributed by atoms with Crippen LogP contribution < -0.4 is 9.91 Å². The van der Waals surface area contributed by atoms with E-state index in [0.29, 0.717) is 5.69 Å². The molecular weight excluding hydrogens is 474 g/mol. The van der Waals surface area contributed by atoms with Crippen LogP contribution in [-0.4, -0.2) is 29.2 Å². The summed E-state index contributed by atoms with van der Waals surface area (Å²) < 4.78 is 0. The van der Waals surface area contributed by atoms with E-state index < -0.39 is 11.9 Å². The Morgan fingerprint density at radius 2 is 1.71 bits per heavy atom. The highest BCUT2D eigenvalue weighted by molar-refractivity contribution is 6.52. The average molecular weight is 506 g/mol. The SMILES string of the molecule is CC(C)(C)c1ccc(N2CCCc3cc(/C=C/C=C4\C(=O)N(c5ccccc5)N=C4C(=O)O)ccc32)cc1. The van der Waals surface area contributed by atoms with Crippen LogP contribution in [0, 0.1) is 0 Å². The zero-order valence-electron chi connectivity index (χ0n) is 21.9. The van der Waals surface area contributed by atoms with Gasteiger partial charge in [0.1, 0.15) is 0 Å². The number of nitrogens with zero attached hydrogens (tertiary/aromatic N) is 3. The molecule has 38 heavy (non-hydrogen) atoms. The van der Waals surface area contributed by atoms with Crippen molar-refractivity contribution < 1.29 is 14.7 Å². The first-order valence-electron chi connectivity index (χ1n) is 12.8. The van der Waals surface area contributed by atoms with Crippen molar-refractivity contribution in [2.24, 2.45) is 5.10 Å². The van der Waals surface area contributed by atoms with Gasteiger partial charge in [-0.3, -0.25) is 4.79 Å². The van der Waals surface area contributed by atoms with E-state index in [1.165, 1.54) is 28.6 Å². The lowest BCUT2D eigenvalue weighted by Crippen LogP contribution is -2.24. The van der Waals surface area contributed by atoms with Gasteiger partial charge in [0.15, 0.2) is 5.71 Å². The average Bonchev–Trinajstić information content (AvgIpc) is 3.24. The zero-order valence-corrected chi connectivity index (χ0v) is 21.9. The number of aliphatic carboxylic acids is 1. The molecule has 0 fully saturated rings. The number of hydrogen-bond donors (Lipinski definition) is 1. The number of anilines is 3. The molecule has 1 N–H and O–H groups in total. The molecule has 192 valence electrons. The minimum Gasteiger partial charge on any atom is -0.476 e. The number of carboxylic acid groups (broad SMARTS) is 1. The molecule has 3 aromatic rings. The highest BCUT2D eigenvalue weighted by Gasteiger charge is 2.34. The number of fused-ring (bicyclic) bond motifs is 1. The summed E-state index contributed by atoms with van der Waals surface area (Å²) in [6.07, 6.45) is 7.19. The van der Waals surface area contributed by atoms with Crippen LogP contribution >= 0.6 is 0 Å². The molecule has 5 rings (SSSR count). The molecule has 0 bridgehead atoms. The molecule has 0 atom stereocenters. The number of para-hydroxylation sites is 1. The number of carboxylic acids is 1. The van der Waals surface area contributed by atoms with Gasteiger partial charge in [-0.1, -0.05) is 69.3 Å². The molecule has 6 nitrogen and oxygen atoms in total. The molecule has 0 aliphatic carbocycles. The van der Waals surface area contributed by atoms with Crippen LogP contribution in [0.15, 0.2) is 95.6 Å². The number of rotatable bonds is 5. The van der Waals surface area contributed by atoms with Crippen LogP contribution in [0.25, 0.3) is 6.08 Å². The Balaban J connectivity index is 1.37. The number of carbonyl (C=O) groups excluding carboxylic acids is 1. The van der Waals surface area contributed by atoms with Gasteiger partial charge in [0.2, 0.25) is 0 Å². The van der Waals surface area contributed by atoms with Gasteiger partial charge in [-0.05, 0) is 77.4 Å². The van der Waals surface area contributed by atoms with Gasteiger partial charge >= 0.3 is 5.97 Å². The lowest BCUT2D eigenvalue weighted by Gasteiger charge is -2.32. The molecule has 2 heterocycles. The lowest BCUT2D eigenvalue weighted by atomic mass is 9.87. The molecule has 3 aromatic carbocycles. The summed E-state index contributed by atoms with van der Waals surface area (Å²) in [5.74, 6) is -1.70. The molecule has 1 amide bonds. The van der Waals surface area contributed by atoms with Crippen molar-refractivity contribution in [2.75, 3.05) is 16.5 Å². The summed E-state index contributed by atoms with van der Waals surface area (Å²) in [5, 5.41) is 14.8. The third-order valence-corrected chi connectivity index (χ3v) is 6.90. The standard InChI is InChI=1S/C32H31N3O3/c1-32(2,3)24-15-17-25(18-16-24)34-20-8-10-23-21-22(14-19-28(23)34)9-7-13-27-29(31(37)38)33-35(30(27)36)26-11-5-4-6-12-26/h4-7,9,11-19,21H,8,10,20H2,1-3H3,(H,37,38)/b9-7+,27-13-. The van der Waals surface area contributed by atoms with Gasteiger partial charge in [-0.15, -0.1) is 0 Å². The summed E-state index contributed by atoms with van der Waals surface area (Å²) in [7, 11) is 0. The molecule has 0 unspecified atom stereocenters. The summed E-state index contributed by atoms with van der Waals surface area (Å²) in [5.41, 5.74) is 6.41.